The monoisotopic (exact) mass is 303 g/mol. The topological polar surface area (TPSA) is 82.5 Å². The van der Waals surface area contributed by atoms with Gasteiger partial charge in [0.05, 0.1) is 17.9 Å². The smallest absolute Gasteiger partial charge is 0.230 e. The number of likely N-dealkylation sites (tertiary alicyclic amines) is 1. The number of piperidine rings is 2. The van der Waals surface area contributed by atoms with Gasteiger partial charge in [0.2, 0.25) is 11.8 Å². The number of rotatable bonds is 2. The third-order valence-electron chi connectivity index (χ3n) is 4.75. The van der Waals surface area contributed by atoms with Crippen LogP contribution < -0.4 is 5.32 Å². The van der Waals surface area contributed by atoms with Crippen molar-refractivity contribution in [2.24, 2.45) is 5.41 Å². The Labute approximate surface area is 129 Å². The zero-order valence-electron chi connectivity index (χ0n) is 12.5. The second-order valence-corrected chi connectivity index (χ2v) is 6.17. The molecule has 3 heterocycles. The Hall–Kier alpha value is -1.95. The van der Waals surface area contributed by atoms with Gasteiger partial charge in [0.25, 0.3) is 0 Å². The summed E-state index contributed by atoms with van der Waals surface area (Å²) in [6, 6.07) is 3.67. The summed E-state index contributed by atoms with van der Waals surface area (Å²) < 4.78 is 0. The number of carbonyl (C=O) groups is 2. The van der Waals surface area contributed by atoms with Crippen molar-refractivity contribution in [1.82, 2.24) is 15.2 Å². The summed E-state index contributed by atoms with van der Waals surface area (Å²) >= 11 is 0. The molecule has 2 N–H and O–H groups in total. The van der Waals surface area contributed by atoms with Gasteiger partial charge in [-0.05, 0) is 30.9 Å². The Balaban J connectivity index is 1.72. The van der Waals surface area contributed by atoms with Gasteiger partial charge in [-0.2, -0.15) is 0 Å². The highest BCUT2D eigenvalue weighted by Crippen LogP contribution is 2.37. The summed E-state index contributed by atoms with van der Waals surface area (Å²) in [5.41, 5.74) is 0.0296. The number of hydrogen-bond donors (Lipinski definition) is 2. The van der Waals surface area contributed by atoms with E-state index in [9.17, 15) is 14.7 Å². The molecule has 1 spiro atoms. The van der Waals surface area contributed by atoms with Crippen LogP contribution in [0.3, 0.4) is 0 Å². The first-order valence-corrected chi connectivity index (χ1v) is 7.75. The lowest BCUT2D eigenvalue weighted by Crippen LogP contribution is -2.62. The molecule has 2 atom stereocenters. The van der Waals surface area contributed by atoms with Crippen molar-refractivity contribution in [2.75, 3.05) is 19.6 Å². The number of pyridine rings is 1. The Morgan fingerprint density at radius 1 is 1.55 bits per heavy atom. The fourth-order valence-electron chi connectivity index (χ4n) is 3.45. The van der Waals surface area contributed by atoms with Crippen LogP contribution >= 0.6 is 0 Å². The van der Waals surface area contributed by atoms with Crippen LogP contribution in [0.25, 0.3) is 0 Å². The first-order valence-electron chi connectivity index (χ1n) is 7.75. The van der Waals surface area contributed by atoms with E-state index >= 15 is 0 Å². The Morgan fingerprint density at radius 2 is 2.41 bits per heavy atom. The van der Waals surface area contributed by atoms with E-state index in [-0.39, 0.29) is 18.2 Å². The average Bonchev–Trinajstić information content (AvgIpc) is 2.53. The first-order chi connectivity index (χ1) is 10.6. The Bertz CT molecular complexity index is 563. The van der Waals surface area contributed by atoms with Crippen LogP contribution in [0.2, 0.25) is 0 Å². The van der Waals surface area contributed by atoms with E-state index in [1.54, 1.807) is 23.4 Å². The molecule has 22 heavy (non-hydrogen) atoms. The molecule has 2 aliphatic heterocycles. The summed E-state index contributed by atoms with van der Waals surface area (Å²) in [7, 11) is 0. The van der Waals surface area contributed by atoms with Gasteiger partial charge in [0, 0.05) is 32.0 Å². The predicted octanol–water partition coefficient (Wildman–Crippen LogP) is 0.114. The second kappa shape index (κ2) is 6.04. The average molecular weight is 303 g/mol. The predicted molar refractivity (Wildman–Crippen MR) is 79.8 cm³/mol. The van der Waals surface area contributed by atoms with E-state index in [4.69, 9.17) is 0 Å². The number of hydrogen-bond acceptors (Lipinski definition) is 4. The minimum Gasteiger partial charge on any atom is -0.392 e. The van der Waals surface area contributed by atoms with Crippen molar-refractivity contribution in [1.29, 1.82) is 0 Å². The summed E-state index contributed by atoms with van der Waals surface area (Å²) in [5, 5.41) is 13.2. The van der Waals surface area contributed by atoms with Crippen LogP contribution in [0.15, 0.2) is 24.5 Å². The highest BCUT2D eigenvalue weighted by Gasteiger charge is 2.50. The van der Waals surface area contributed by atoms with Crippen molar-refractivity contribution in [2.45, 2.75) is 31.8 Å². The van der Waals surface area contributed by atoms with E-state index in [2.05, 4.69) is 10.3 Å². The number of aliphatic hydroxyl groups excluding tert-OH is 1. The van der Waals surface area contributed by atoms with E-state index in [1.165, 1.54) is 0 Å². The summed E-state index contributed by atoms with van der Waals surface area (Å²) in [5.74, 6) is -0.136. The van der Waals surface area contributed by atoms with E-state index in [0.29, 0.717) is 32.5 Å². The number of nitrogens with zero attached hydrogens (tertiary/aromatic N) is 2. The molecule has 1 aromatic heterocycles. The van der Waals surface area contributed by atoms with Crippen LogP contribution in [0.4, 0.5) is 0 Å². The van der Waals surface area contributed by atoms with Gasteiger partial charge < -0.3 is 15.3 Å². The standard InChI is InChI=1S/C16H21N3O3/c20-13-4-8-19(11-16(13)5-2-7-18-15(16)22)14(21)9-12-3-1-6-17-10-12/h1,3,6,10,13,20H,2,4-5,7-9,11H2,(H,18,22)/t13-,16-/m1/s1. The van der Waals surface area contributed by atoms with Crippen LogP contribution in [0.1, 0.15) is 24.8 Å². The lowest BCUT2D eigenvalue weighted by atomic mass is 9.71. The van der Waals surface area contributed by atoms with Gasteiger partial charge in [-0.3, -0.25) is 14.6 Å². The second-order valence-electron chi connectivity index (χ2n) is 6.17. The largest absolute Gasteiger partial charge is 0.392 e. The van der Waals surface area contributed by atoms with Crippen molar-refractivity contribution >= 4 is 11.8 Å². The van der Waals surface area contributed by atoms with Gasteiger partial charge in [0.1, 0.15) is 0 Å². The maximum absolute atomic E-state index is 12.5. The molecule has 2 amide bonds. The molecule has 0 aromatic carbocycles. The van der Waals surface area contributed by atoms with Crippen LogP contribution in [-0.4, -0.2) is 52.5 Å². The van der Waals surface area contributed by atoms with Gasteiger partial charge in [-0.15, -0.1) is 0 Å². The number of nitrogens with one attached hydrogen (secondary N) is 1. The van der Waals surface area contributed by atoms with Crippen molar-refractivity contribution in [3.8, 4) is 0 Å². The minimum absolute atomic E-state index is 0.0161. The zero-order valence-corrected chi connectivity index (χ0v) is 12.5. The number of aliphatic hydroxyl groups is 1. The highest BCUT2D eigenvalue weighted by atomic mass is 16.3. The normalized spacial score (nSPS) is 28.5. The molecule has 0 unspecified atom stereocenters. The fraction of sp³-hybridized carbons (Fsp3) is 0.562. The van der Waals surface area contributed by atoms with Crippen molar-refractivity contribution < 1.29 is 14.7 Å². The Morgan fingerprint density at radius 3 is 3.14 bits per heavy atom. The maximum atomic E-state index is 12.5. The third-order valence-corrected chi connectivity index (χ3v) is 4.75. The number of amides is 2. The molecule has 6 heteroatoms. The van der Waals surface area contributed by atoms with Crippen molar-refractivity contribution in [3.05, 3.63) is 30.1 Å². The molecular formula is C16H21N3O3. The molecule has 0 bridgehead atoms. The van der Waals surface area contributed by atoms with E-state index in [0.717, 1.165) is 12.0 Å². The van der Waals surface area contributed by atoms with Gasteiger partial charge in [-0.25, -0.2) is 0 Å². The summed E-state index contributed by atoms with van der Waals surface area (Å²) in [6.45, 7) is 1.45. The van der Waals surface area contributed by atoms with Crippen LogP contribution in [0, 0.1) is 5.41 Å². The number of carbonyl (C=O) groups excluding carboxylic acids is 2. The molecule has 3 rings (SSSR count). The molecule has 1 aromatic rings. The fourth-order valence-corrected chi connectivity index (χ4v) is 3.45. The van der Waals surface area contributed by atoms with Gasteiger partial charge in [-0.1, -0.05) is 6.07 Å². The summed E-state index contributed by atoms with van der Waals surface area (Å²) in [6.07, 6.45) is 4.89. The molecule has 2 saturated heterocycles. The molecule has 2 fully saturated rings. The number of aromatic nitrogens is 1. The Kier molecular flexibility index (Phi) is 4.11. The van der Waals surface area contributed by atoms with Crippen LogP contribution in [-0.2, 0) is 16.0 Å². The zero-order chi connectivity index (χ0) is 15.6. The molecule has 118 valence electrons. The lowest BCUT2D eigenvalue weighted by molar-refractivity contribution is -0.154. The highest BCUT2D eigenvalue weighted by molar-refractivity contribution is 5.86. The molecule has 2 aliphatic rings. The molecule has 0 saturated carbocycles. The third kappa shape index (κ3) is 2.70. The first kappa shape index (κ1) is 15.0. The molecule has 6 nitrogen and oxygen atoms in total. The molecule has 0 aliphatic carbocycles. The van der Waals surface area contributed by atoms with Crippen molar-refractivity contribution in [3.63, 3.8) is 0 Å². The minimum atomic E-state index is -0.832. The lowest BCUT2D eigenvalue weighted by Gasteiger charge is -2.46. The maximum Gasteiger partial charge on any atom is 0.230 e. The molecular weight excluding hydrogens is 282 g/mol. The molecule has 0 radical (unpaired) electrons. The quantitative estimate of drug-likeness (QED) is 0.812. The van der Waals surface area contributed by atoms with Gasteiger partial charge in [0.15, 0.2) is 0 Å². The van der Waals surface area contributed by atoms with Gasteiger partial charge >= 0.3 is 0 Å². The van der Waals surface area contributed by atoms with E-state index < -0.39 is 11.5 Å². The SMILES string of the molecule is O=C(Cc1cccnc1)N1CC[C@@H](O)[C@@]2(CCCNC2=O)C1. The van der Waals surface area contributed by atoms with Crippen LogP contribution in [0.5, 0.6) is 0 Å². The van der Waals surface area contributed by atoms with E-state index in [1.807, 2.05) is 6.07 Å². The summed E-state index contributed by atoms with van der Waals surface area (Å²) in [4.78, 5) is 30.5.